The first kappa shape index (κ1) is 12.6. The van der Waals surface area contributed by atoms with Crippen molar-refractivity contribution in [3.8, 4) is 0 Å². The van der Waals surface area contributed by atoms with Gasteiger partial charge in [-0.2, -0.15) is 4.31 Å². The highest BCUT2D eigenvalue weighted by molar-refractivity contribution is 7.89. The highest BCUT2D eigenvalue weighted by Gasteiger charge is 2.37. The predicted octanol–water partition coefficient (Wildman–Crippen LogP) is 2.58. The first-order valence-corrected chi connectivity index (χ1v) is 7.17. The fourth-order valence-electron chi connectivity index (χ4n) is 1.93. The van der Waals surface area contributed by atoms with E-state index in [0.29, 0.717) is 11.4 Å². The van der Waals surface area contributed by atoms with E-state index in [1.165, 1.54) is 4.31 Å². The predicted molar refractivity (Wildman–Crippen MR) is 67.8 cm³/mol. The van der Waals surface area contributed by atoms with Crippen LogP contribution in [0.5, 0.6) is 0 Å². The zero-order valence-electron chi connectivity index (χ0n) is 10.5. The van der Waals surface area contributed by atoms with E-state index in [1.807, 2.05) is 19.1 Å². The SMILES string of the molecule is Cc1ccc(S(=O)(=O)N2[CH]CC(C)(C)C2)cc1. The number of rotatable bonds is 2. The monoisotopic (exact) mass is 252 g/mol. The van der Waals surface area contributed by atoms with E-state index in [-0.39, 0.29) is 5.41 Å². The number of nitrogens with zero attached hydrogens (tertiary/aromatic N) is 1. The van der Waals surface area contributed by atoms with Crippen molar-refractivity contribution in [2.45, 2.75) is 32.1 Å². The van der Waals surface area contributed by atoms with Crippen LogP contribution in [0.3, 0.4) is 0 Å². The van der Waals surface area contributed by atoms with Crippen molar-refractivity contribution in [1.29, 1.82) is 0 Å². The third kappa shape index (κ3) is 2.53. The van der Waals surface area contributed by atoms with Crippen LogP contribution in [0, 0.1) is 18.9 Å². The molecule has 0 spiro atoms. The molecular weight excluding hydrogens is 234 g/mol. The molecule has 0 amide bonds. The van der Waals surface area contributed by atoms with Gasteiger partial charge in [0, 0.05) is 13.1 Å². The Labute approximate surface area is 104 Å². The lowest BCUT2D eigenvalue weighted by Crippen LogP contribution is -2.28. The average molecular weight is 252 g/mol. The Morgan fingerprint density at radius 1 is 1.18 bits per heavy atom. The first-order chi connectivity index (χ1) is 7.81. The Morgan fingerprint density at radius 2 is 1.76 bits per heavy atom. The quantitative estimate of drug-likeness (QED) is 0.811. The van der Waals surface area contributed by atoms with Crippen LogP contribution in [0.4, 0.5) is 0 Å². The highest BCUT2D eigenvalue weighted by atomic mass is 32.2. The van der Waals surface area contributed by atoms with Gasteiger partial charge in [-0.25, -0.2) is 8.42 Å². The van der Waals surface area contributed by atoms with Crippen LogP contribution < -0.4 is 0 Å². The van der Waals surface area contributed by atoms with E-state index < -0.39 is 10.0 Å². The van der Waals surface area contributed by atoms with Crippen molar-refractivity contribution in [3.05, 3.63) is 36.4 Å². The molecule has 1 radical (unpaired) electrons. The van der Waals surface area contributed by atoms with Gasteiger partial charge in [0.25, 0.3) is 0 Å². The third-order valence-electron chi connectivity index (χ3n) is 3.06. The van der Waals surface area contributed by atoms with Crippen LogP contribution in [0.25, 0.3) is 0 Å². The smallest absolute Gasteiger partial charge is 0.207 e. The fourth-order valence-corrected chi connectivity index (χ4v) is 3.47. The van der Waals surface area contributed by atoms with Gasteiger partial charge in [-0.15, -0.1) is 0 Å². The summed E-state index contributed by atoms with van der Waals surface area (Å²) in [5.74, 6) is 0. The van der Waals surface area contributed by atoms with Gasteiger partial charge in [0.1, 0.15) is 0 Å². The average Bonchev–Trinajstić information content (AvgIpc) is 2.60. The Hall–Kier alpha value is -0.870. The van der Waals surface area contributed by atoms with Crippen molar-refractivity contribution in [3.63, 3.8) is 0 Å². The van der Waals surface area contributed by atoms with E-state index in [9.17, 15) is 8.42 Å². The molecule has 1 fully saturated rings. The molecule has 4 heteroatoms. The van der Waals surface area contributed by atoms with E-state index in [0.717, 1.165) is 12.0 Å². The number of hydrogen-bond acceptors (Lipinski definition) is 2. The van der Waals surface area contributed by atoms with Crippen molar-refractivity contribution in [1.82, 2.24) is 4.31 Å². The molecule has 1 heterocycles. The summed E-state index contributed by atoms with van der Waals surface area (Å²) in [4.78, 5) is 0.372. The van der Waals surface area contributed by atoms with Gasteiger partial charge >= 0.3 is 0 Å². The summed E-state index contributed by atoms with van der Waals surface area (Å²) < 4.78 is 26.1. The van der Waals surface area contributed by atoms with Crippen LogP contribution in [-0.2, 0) is 10.0 Å². The minimum Gasteiger partial charge on any atom is -0.207 e. The van der Waals surface area contributed by atoms with Crippen molar-refractivity contribution in [2.75, 3.05) is 6.54 Å². The lowest BCUT2D eigenvalue weighted by Gasteiger charge is -2.19. The molecule has 93 valence electrons. The molecular formula is C13H18NO2S. The zero-order chi connectivity index (χ0) is 12.7. The Morgan fingerprint density at radius 3 is 2.24 bits per heavy atom. The molecule has 1 aromatic carbocycles. The van der Waals surface area contributed by atoms with Gasteiger partial charge in [-0.3, -0.25) is 0 Å². The molecule has 0 bridgehead atoms. The second-order valence-electron chi connectivity index (χ2n) is 5.41. The number of sulfonamides is 1. The molecule has 2 rings (SSSR count). The lowest BCUT2D eigenvalue weighted by atomic mass is 9.93. The van der Waals surface area contributed by atoms with Gasteiger partial charge in [0.2, 0.25) is 10.0 Å². The summed E-state index contributed by atoms with van der Waals surface area (Å²) in [6.45, 7) is 8.45. The summed E-state index contributed by atoms with van der Waals surface area (Å²) >= 11 is 0. The Kier molecular flexibility index (Phi) is 3.04. The summed E-state index contributed by atoms with van der Waals surface area (Å²) in [7, 11) is -3.35. The van der Waals surface area contributed by atoms with Crippen LogP contribution >= 0.6 is 0 Å². The van der Waals surface area contributed by atoms with Gasteiger partial charge < -0.3 is 0 Å². The third-order valence-corrected chi connectivity index (χ3v) is 4.82. The number of hydrogen-bond donors (Lipinski definition) is 0. The largest absolute Gasteiger partial charge is 0.243 e. The van der Waals surface area contributed by atoms with E-state index >= 15 is 0 Å². The normalized spacial score (nSPS) is 20.6. The first-order valence-electron chi connectivity index (χ1n) is 5.73. The topological polar surface area (TPSA) is 37.4 Å². The Bertz CT molecular complexity index is 503. The molecule has 0 aliphatic carbocycles. The molecule has 0 saturated carbocycles. The molecule has 17 heavy (non-hydrogen) atoms. The molecule has 1 aliphatic heterocycles. The molecule has 1 aliphatic rings. The summed E-state index contributed by atoms with van der Waals surface area (Å²) in [5, 5.41) is 0. The molecule has 1 saturated heterocycles. The van der Waals surface area contributed by atoms with Crippen LogP contribution in [0.2, 0.25) is 0 Å². The van der Waals surface area contributed by atoms with Crippen LogP contribution in [0.1, 0.15) is 25.8 Å². The van der Waals surface area contributed by atoms with Gasteiger partial charge in [-0.05, 0) is 30.9 Å². The molecule has 1 aromatic rings. The minimum atomic E-state index is -3.35. The van der Waals surface area contributed by atoms with Gasteiger partial charge in [-0.1, -0.05) is 31.5 Å². The highest BCUT2D eigenvalue weighted by Crippen LogP contribution is 2.35. The van der Waals surface area contributed by atoms with E-state index in [1.54, 1.807) is 18.7 Å². The molecule has 0 atom stereocenters. The molecule has 0 unspecified atom stereocenters. The van der Waals surface area contributed by atoms with Gasteiger partial charge in [0.15, 0.2) is 0 Å². The number of aryl methyl sites for hydroxylation is 1. The summed E-state index contributed by atoms with van der Waals surface area (Å²) in [6, 6.07) is 7.00. The second kappa shape index (κ2) is 4.10. The van der Waals surface area contributed by atoms with Crippen molar-refractivity contribution in [2.24, 2.45) is 5.41 Å². The van der Waals surface area contributed by atoms with Crippen LogP contribution in [-0.4, -0.2) is 19.3 Å². The molecule has 0 aromatic heterocycles. The number of benzene rings is 1. The Balaban J connectivity index is 2.29. The maximum absolute atomic E-state index is 12.3. The second-order valence-corrected chi connectivity index (χ2v) is 7.30. The maximum atomic E-state index is 12.3. The van der Waals surface area contributed by atoms with Gasteiger partial charge in [0.05, 0.1) is 4.90 Å². The van der Waals surface area contributed by atoms with Crippen molar-refractivity contribution < 1.29 is 8.42 Å². The minimum absolute atomic E-state index is 0.0395. The standard InChI is InChI=1S/C13H18NO2S/c1-11-4-6-12(7-5-11)17(15,16)14-9-8-13(2,3)10-14/h4-7,9H,8,10H2,1-3H3. The van der Waals surface area contributed by atoms with E-state index in [2.05, 4.69) is 13.8 Å². The van der Waals surface area contributed by atoms with Crippen molar-refractivity contribution >= 4 is 10.0 Å². The maximum Gasteiger partial charge on any atom is 0.243 e. The summed E-state index contributed by atoms with van der Waals surface area (Å²) in [5.41, 5.74) is 1.10. The lowest BCUT2D eigenvalue weighted by molar-refractivity contribution is 0.376. The van der Waals surface area contributed by atoms with Crippen LogP contribution in [0.15, 0.2) is 29.2 Å². The van der Waals surface area contributed by atoms with E-state index in [4.69, 9.17) is 0 Å². The summed E-state index contributed by atoms with van der Waals surface area (Å²) in [6.07, 6.45) is 0.804. The molecule has 0 N–H and O–H groups in total. The fraction of sp³-hybridized carbons (Fsp3) is 0.462. The zero-order valence-corrected chi connectivity index (χ0v) is 11.3. The molecule has 3 nitrogen and oxygen atoms in total.